The van der Waals surface area contributed by atoms with Gasteiger partial charge in [-0.05, 0) is 37.7 Å². The van der Waals surface area contributed by atoms with E-state index in [2.05, 4.69) is 30.6 Å². The van der Waals surface area contributed by atoms with Crippen LogP contribution in [0.1, 0.15) is 36.7 Å². The third kappa shape index (κ3) is 3.45. The van der Waals surface area contributed by atoms with Crippen LogP contribution < -0.4 is 4.90 Å². The smallest absolute Gasteiger partial charge is 0.187 e. The average Bonchev–Trinajstić information content (AvgIpc) is 3.16. The fourth-order valence-electron chi connectivity index (χ4n) is 2.48. The van der Waals surface area contributed by atoms with Crippen molar-refractivity contribution >= 4 is 38.0 Å². The summed E-state index contributed by atoms with van der Waals surface area (Å²) in [4.78, 5) is 6.86. The van der Waals surface area contributed by atoms with Gasteiger partial charge in [0.1, 0.15) is 11.6 Å². The number of hydrogen-bond donors (Lipinski definition) is 1. The first-order chi connectivity index (χ1) is 11.6. The molecule has 2 aromatic heterocycles. The van der Waals surface area contributed by atoms with Crippen molar-refractivity contribution < 1.29 is 5.11 Å². The number of hydrogen-bond acceptors (Lipinski definition) is 9. The van der Waals surface area contributed by atoms with E-state index in [1.165, 1.54) is 22.9 Å². The second-order valence-electron chi connectivity index (χ2n) is 5.58. The highest BCUT2D eigenvalue weighted by atomic mass is 32.1. The number of rotatable bonds is 4. The van der Waals surface area contributed by atoms with Gasteiger partial charge >= 0.3 is 0 Å². The maximum absolute atomic E-state index is 9.63. The number of aliphatic hydroxyl groups is 1. The van der Waals surface area contributed by atoms with Gasteiger partial charge in [-0.15, -0.1) is 10.2 Å². The normalized spacial score (nSPS) is 16.0. The van der Waals surface area contributed by atoms with Crippen LogP contribution in [-0.4, -0.2) is 33.7 Å². The maximum atomic E-state index is 9.63. The van der Waals surface area contributed by atoms with Gasteiger partial charge < -0.3 is 10.0 Å². The highest BCUT2D eigenvalue weighted by Gasteiger charge is 2.21. The fraction of sp³-hybridized carbons (Fsp3) is 0.533. The third-order valence-electron chi connectivity index (χ3n) is 3.92. The largest absolute Gasteiger partial charge is 0.393 e. The summed E-state index contributed by atoms with van der Waals surface area (Å²) < 4.78 is 4.15. The SMILES string of the molecule is CCc1nc(N2CCC(O)CC2)sc1N=Nc1snc(C)c1C#N. The van der Waals surface area contributed by atoms with Crippen molar-refractivity contribution in [3.63, 3.8) is 0 Å². The molecule has 0 bridgehead atoms. The number of azo groups is 1. The molecule has 1 aliphatic rings. The van der Waals surface area contributed by atoms with Crippen LogP contribution in [0.2, 0.25) is 0 Å². The quantitative estimate of drug-likeness (QED) is 0.836. The molecule has 0 radical (unpaired) electrons. The molecule has 0 aromatic carbocycles. The number of nitrogens with zero attached hydrogens (tertiary/aromatic N) is 6. The Hall–Kier alpha value is -1.89. The van der Waals surface area contributed by atoms with E-state index in [-0.39, 0.29) is 6.10 Å². The van der Waals surface area contributed by atoms with Crippen LogP contribution in [0.25, 0.3) is 0 Å². The minimum atomic E-state index is -0.204. The van der Waals surface area contributed by atoms with E-state index in [1.807, 2.05) is 6.92 Å². The van der Waals surface area contributed by atoms with Gasteiger partial charge in [-0.25, -0.2) is 4.98 Å². The van der Waals surface area contributed by atoms with Crippen LogP contribution in [-0.2, 0) is 6.42 Å². The molecular formula is C15H18N6OS2. The summed E-state index contributed by atoms with van der Waals surface area (Å²) in [6, 6.07) is 2.12. The minimum absolute atomic E-state index is 0.204. The lowest BCUT2D eigenvalue weighted by Crippen LogP contribution is -2.35. The van der Waals surface area contributed by atoms with Gasteiger partial charge in [0.25, 0.3) is 0 Å². The Morgan fingerprint density at radius 1 is 1.33 bits per heavy atom. The highest BCUT2D eigenvalue weighted by Crippen LogP contribution is 2.37. The van der Waals surface area contributed by atoms with E-state index in [4.69, 9.17) is 5.26 Å². The average molecular weight is 362 g/mol. The molecule has 0 amide bonds. The molecule has 2 aromatic rings. The zero-order valence-corrected chi connectivity index (χ0v) is 15.2. The summed E-state index contributed by atoms with van der Waals surface area (Å²) in [5, 5.41) is 29.6. The van der Waals surface area contributed by atoms with Crippen LogP contribution in [0.3, 0.4) is 0 Å². The zero-order chi connectivity index (χ0) is 17.1. The van der Waals surface area contributed by atoms with Crippen molar-refractivity contribution in [2.75, 3.05) is 18.0 Å². The predicted octanol–water partition coefficient (Wildman–Crippen LogP) is 3.72. The Kier molecular flexibility index (Phi) is 5.18. The van der Waals surface area contributed by atoms with Gasteiger partial charge in [0.2, 0.25) is 0 Å². The lowest BCUT2D eigenvalue weighted by Gasteiger charge is -2.28. The lowest BCUT2D eigenvalue weighted by atomic mass is 10.1. The van der Waals surface area contributed by atoms with E-state index in [0.29, 0.717) is 16.3 Å². The maximum Gasteiger partial charge on any atom is 0.187 e. The number of aromatic nitrogens is 2. The predicted molar refractivity (Wildman–Crippen MR) is 94.7 cm³/mol. The molecule has 126 valence electrons. The Bertz CT molecular complexity index is 782. The molecule has 0 atom stereocenters. The van der Waals surface area contributed by atoms with Crippen LogP contribution in [0, 0.1) is 18.3 Å². The molecule has 3 heterocycles. The molecule has 0 spiro atoms. The Morgan fingerprint density at radius 3 is 2.71 bits per heavy atom. The van der Waals surface area contributed by atoms with E-state index < -0.39 is 0 Å². The Labute approximate surface area is 148 Å². The van der Waals surface area contributed by atoms with Crippen molar-refractivity contribution in [3.05, 3.63) is 17.0 Å². The summed E-state index contributed by atoms with van der Waals surface area (Å²) in [5.41, 5.74) is 2.07. The first-order valence-electron chi connectivity index (χ1n) is 7.83. The Morgan fingerprint density at radius 2 is 2.04 bits per heavy atom. The van der Waals surface area contributed by atoms with Crippen LogP contribution in [0.5, 0.6) is 0 Å². The summed E-state index contributed by atoms with van der Waals surface area (Å²) in [7, 11) is 0. The van der Waals surface area contributed by atoms with Crippen molar-refractivity contribution in [2.24, 2.45) is 10.2 Å². The van der Waals surface area contributed by atoms with Crippen molar-refractivity contribution in [1.82, 2.24) is 9.36 Å². The summed E-state index contributed by atoms with van der Waals surface area (Å²) in [5.74, 6) is 0. The highest BCUT2D eigenvalue weighted by molar-refractivity contribution is 7.19. The fourth-order valence-corrected chi connectivity index (χ4v) is 4.18. The van der Waals surface area contributed by atoms with Gasteiger partial charge in [0.05, 0.1) is 17.5 Å². The molecule has 3 rings (SSSR count). The standard InChI is InChI=1S/C15H18N6OS2/c1-3-12-14(19-18-13-11(8-16)9(2)20-24-13)23-15(17-12)21-6-4-10(22)5-7-21/h10,22H,3-7H2,1-2H3. The van der Waals surface area contributed by atoms with Crippen LogP contribution in [0.15, 0.2) is 10.2 Å². The summed E-state index contributed by atoms with van der Waals surface area (Å²) in [6.07, 6.45) is 2.10. The number of anilines is 1. The van der Waals surface area contributed by atoms with E-state index in [9.17, 15) is 5.11 Å². The number of piperidine rings is 1. The molecule has 0 unspecified atom stereocenters. The molecule has 1 saturated heterocycles. The van der Waals surface area contributed by atoms with Crippen molar-refractivity contribution in [3.8, 4) is 6.07 Å². The van der Waals surface area contributed by atoms with Gasteiger partial charge in [-0.2, -0.15) is 9.64 Å². The number of aryl methyl sites for hydroxylation is 2. The summed E-state index contributed by atoms with van der Waals surface area (Å²) >= 11 is 2.69. The second kappa shape index (κ2) is 7.34. The van der Waals surface area contributed by atoms with Gasteiger partial charge in [-0.1, -0.05) is 18.3 Å². The monoisotopic (exact) mass is 362 g/mol. The van der Waals surface area contributed by atoms with E-state index in [0.717, 1.165) is 48.2 Å². The number of nitriles is 1. The molecule has 0 saturated carbocycles. The van der Waals surface area contributed by atoms with Gasteiger partial charge in [0, 0.05) is 13.1 Å². The van der Waals surface area contributed by atoms with Crippen molar-refractivity contribution in [2.45, 2.75) is 39.2 Å². The number of aliphatic hydroxyl groups excluding tert-OH is 1. The second-order valence-corrected chi connectivity index (χ2v) is 7.29. The molecular weight excluding hydrogens is 344 g/mol. The first-order valence-corrected chi connectivity index (χ1v) is 9.42. The van der Waals surface area contributed by atoms with Crippen LogP contribution >= 0.6 is 22.9 Å². The molecule has 24 heavy (non-hydrogen) atoms. The van der Waals surface area contributed by atoms with E-state index in [1.54, 1.807) is 6.92 Å². The molecule has 1 fully saturated rings. The van der Waals surface area contributed by atoms with Crippen LogP contribution in [0.4, 0.5) is 15.1 Å². The van der Waals surface area contributed by atoms with Gasteiger partial charge in [-0.3, -0.25) is 0 Å². The molecule has 1 N–H and O–H groups in total. The van der Waals surface area contributed by atoms with Gasteiger partial charge in [0.15, 0.2) is 15.1 Å². The number of thiazole rings is 1. The van der Waals surface area contributed by atoms with E-state index >= 15 is 0 Å². The molecule has 9 heteroatoms. The summed E-state index contributed by atoms with van der Waals surface area (Å²) in [6.45, 7) is 5.44. The topological polar surface area (TPSA) is 97.8 Å². The van der Waals surface area contributed by atoms with Crippen molar-refractivity contribution in [1.29, 1.82) is 5.26 Å². The zero-order valence-electron chi connectivity index (χ0n) is 13.6. The molecule has 0 aliphatic carbocycles. The Balaban J connectivity index is 1.83. The minimum Gasteiger partial charge on any atom is -0.393 e. The molecule has 7 nitrogen and oxygen atoms in total. The third-order valence-corrected chi connectivity index (χ3v) is 5.79. The first kappa shape index (κ1) is 17.0. The molecule has 1 aliphatic heterocycles. The lowest BCUT2D eigenvalue weighted by molar-refractivity contribution is 0.145.